The first kappa shape index (κ1) is 12.3. The minimum absolute atomic E-state index is 0.138. The predicted molar refractivity (Wildman–Crippen MR) is 61.3 cm³/mol. The standard InChI is InChI=1S/C12H23NO3/c14-9-12(5-7-16-8-6-12)13-10-3-1-2-4-11(10)15/h10-11,13-15H,1-9H2/t10-,11-/m1/s1. The van der Waals surface area contributed by atoms with Crippen molar-refractivity contribution in [3.63, 3.8) is 0 Å². The minimum atomic E-state index is -0.250. The highest BCUT2D eigenvalue weighted by molar-refractivity contribution is 4.95. The molecule has 1 aliphatic heterocycles. The van der Waals surface area contributed by atoms with Crippen LogP contribution in [0.5, 0.6) is 0 Å². The normalized spacial score (nSPS) is 34.9. The third kappa shape index (κ3) is 2.74. The smallest absolute Gasteiger partial charge is 0.0693 e. The van der Waals surface area contributed by atoms with Crippen molar-refractivity contribution in [1.29, 1.82) is 0 Å². The second-order valence-corrected chi connectivity index (χ2v) is 5.15. The molecule has 1 saturated heterocycles. The fourth-order valence-corrected chi connectivity index (χ4v) is 2.78. The van der Waals surface area contributed by atoms with Crippen LogP contribution in [0, 0.1) is 0 Å². The van der Waals surface area contributed by atoms with E-state index in [2.05, 4.69) is 5.32 Å². The van der Waals surface area contributed by atoms with Crippen molar-refractivity contribution >= 4 is 0 Å². The van der Waals surface area contributed by atoms with Crippen molar-refractivity contribution < 1.29 is 14.9 Å². The summed E-state index contributed by atoms with van der Waals surface area (Å²) in [5.74, 6) is 0. The van der Waals surface area contributed by atoms with E-state index in [9.17, 15) is 10.2 Å². The molecule has 4 heteroatoms. The Morgan fingerprint density at radius 2 is 1.88 bits per heavy atom. The van der Waals surface area contributed by atoms with Crippen molar-refractivity contribution in [2.75, 3.05) is 19.8 Å². The van der Waals surface area contributed by atoms with Crippen LogP contribution in [0.2, 0.25) is 0 Å². The first-order valence-electron chi connectivity index (χ1n) is 6.40. The van der Waals surface area contributed by atoms with Crippen LogP contribution in [-0.2, 0) is 4.74 Å². The lowest BCUT2D eigenvalue weighted by Crippen LogP contribution is -2.59. The van der Waals surface area contributed by atoms with Gasteiger partial charge in [0.1, 0.15) is 0 Å². The van der Waals surface area contributed by atoms with E-state index in [4.69, 9.17) is 4.74 Å². The first-order valence-corrected chi connectivity index (χ1v) is 6.40. The van der Waals surface area contributed by atoms with E-state index >= 15 is 0 Å². The molecule has 0 amide bonds. The van der Waals surface area contributed by atoms with Crippen LogP contribution in [0.3, 0.4) is 0 Å². The third-order valence-corrected chi connectivity index (χ3v) is 3.97. The van der Waals surface area contributed by atoms with E-state index in [1.807, 2.05) is 0 Å². The van der Waals surface area contributed by atoms with Crippen LogP contribution in [0.15, 0.2) is 0 Å². The molecular weight excluding hydrogens is 206 g/mol. The van der Waals surface area contributed by atoms with E-state index < -0.39 is 0 Å². The molecule has 4 nitrogen and oxygen atoms in total. The topological polar surface area (TPSA) is 61.7 Å². The summed E-state index contributed by atoms with van der Waals surface area (Å²) in [5, 5.41) is 23.0. The van der Waals surface area contributed by atoms with Crippen LogP contribution in [0.4, 0.5) is 0 Å². The van der Waals surface area contributed by atoms with Gasteiger partial charge in [-0.15, -0.1) is 0 Å². The molecule has 3 N–H and O–H groups in total. The summed E-state index contributed by atoms with van der Waals surface area (Å²) < 4.78 is 5.33. The molecule has 0 aromatic rings. The summed E-state index contributed by atoms with van der Waals surface area (Å²) in [4.78, 5) is 0. The van der Waals surface area contributed by atoms with Gasteiger partial charge in [-0.25, -0.2) is 0 Å². The maximum absolute atomic E-state index is 9.93. The number of ether oxygens (including phenoxy) is 1. The van der Waals surface area contributed by atoms with E-state index in [0.29, 0.717) is 13.2 Å². The summed E-state index contributed by atoms with van der Waals surface area (Å²) in [5.41, 5.74) is -0.221. The number of hydrogen-bond acceptors (Lipinski definition) is 4. The molecule has 1 aliphatic carbocycles. The molecule has 0 spiro atoms. The zero-order valence-corrected chi connectivity index (χ0v) is 9.82. The summed E-state index contributed by atoms with van der Waals surface area (Å²) in [6.45, 7) is 1.55. The Labute approximate surface area is 97.0 Å². The molecule has 16 heavy (non-hydrogen) atoms. The maximum Gasteiger partial charge on any atom is 0.0693 e. The van der Waals surface area contributed by atoms with Gasteiger partial charge >= 0.3 is 0 Å². The molecule has 2 atom stereocenters. The number of hydrogen-bond donors (Lipinski definition) is 3. The van der Waals surface area contributed by atoms with Crippen molar-refractivity contribution in [3.8, 4) is 0 Å². The van der Waals surface area contributed by atoms with E-state index in [1.54, 1.807) is 0 Å². The quantitative estimate of drug-likeness (QED) is 0.656. The highest BCUT2D eigenvalue weighted by Crippen LogP contribution is 2.25. The lowest BCUT2D eigenvalue weighted by Gasteiger charge is -2.42. The zero-order chi connectivity index (χ0) is 11.4. The lowest BCUT2D eigenvalue weighted by molar-refractivity contribution is -0.0118. The van der Waals surface area contributed by atoms with Crippen LogP contribution in [0.25, 0.3) is 0 Å². The Balaban J connectivity index is 1.93. The minimum Gasteiger partial charge on any atom is -0.394 e. The van der Waals surface area contributed by atoms with Gasteiger partial charge in [-0.05, 0) is 25.7 Å². The maximum atomic E-state index is 9.93. The average molecular weight is 229 g/mol. The third-order valence-electron chi connectivity index (χ3n) is 3.97. The van der Waals surface area contributed by atoms with Crippen LogP contribution in [-0.4, -0.2) is 47.7 Å². The second kappa shape index (κ2) is 5.45. The van der Waals surface area contributed by atoms with Crippen LogP contribution >= 0.6 is 0 Å². The zero-order valence-electron chi connectivity index (χ0n) is 9.82. The Kier molecular flexibility index (Phi) is 4.19. The summed E-state index contributed by atoms with van der Waals surface area (Å²) in [6.07, 6.45) is 5.63. The molecule has 2 rings (SSSR count). The Hall–Kier alpha value is -0.160. The van der Waals surface area contributed by atoms with Gasteiger partial charge in [-0.3, -0.25) is 0 Å². The Morgan fingerprint density at radius 1 is 1.19 bits per heavy atom. The highest BCUT2D eigenvalue weighted by atomic mass is 16.5. The first-order chi connectivity index (χ1) is 7.76. The van der Waals surface area contributed by atoms with Gasteiger partial charge in [0.15, 0.2) is 0 Å². The van der Waals surface area contributed by atoms with Gasteiger partial charge in [0.2, 0.25) is 0 Å². The van der Waals surface area contributed by atoms with Crippen LogP contribution < -0.4 is 5.32 Å². The average Bonchev–Trinajstić information content (AvgIpc) is 2.33. The van der Waals surface area contributed by atoms with Crippen molar-refractivity contribution in [1.82, 2.24) is 5.32 Å². The molecule has 0 unspecified atom stereocenters. The molecule has 94 valence electrons. The van der Waals surface area contributed by atoms with Crippen molar-refractivity contribution in [3.05, 3.63) is 0 Å². The number of rotatable bonds is 3. The molecule has 1 saturated carbocycles. The lowest BCUT2D eigenvalue weighted by atomic mass is 9.85. The van der Waals surface area contributed by atoms with Gasteiger partial charge in [0.05, 0.1) is 12.7 Å². The van der Waals surface area contributed by atoms with E-state index in [0.717, 1.165) is 32.1 Å². The number of nitrogens with one attached hydrogen (secondary N) is 1. The van der Waals surface area contributed by atoms with Crippen molar-refractivity contribution in [2.24, 2.45) is 0 Å². The van der Waals surface area contributed by atoms with Gasteiger partial charge in [0, 0.05) is 24.8 Å². The second-order valence-electron chi connectivity index (χ2n) is 5.15. The molecule has 2 fully saturated rings. The largest absolute Gasteiger partial charge is 0.394 e. The van der Waals surface area contributed by atoms with E-state index in [-0.39, 0.29) is 24.3 Å². The van der Waals surface area contributed by atoms with Crippen molar-refractivity contribution in [2.45, 2.75) is 56.2 Å². The predicted octanol–water partition coefficient (Wildman–Crippen LogP) is 0.421. The summed E-state index contributed by atoms with van der Waals surface area (Å²) >= 11 is 0. The fourth-order valence-electron chi connectivity index (χ4n) is 2.78. The van der Waals surface area contributed by atoms with Gasteiger partial charge in [-0.1, -0.05) is 12.8 Å². The van der Waals surface area contributed by atoms with Crippen LogP contribution in [0.1, 0.15) is 38.5 Å². The molecular formula is C12H23NO3. The number of aliphatic hydroxyl groups excluding tert-OH is 2. The number of aliphatic hydroxyl groups is 2. The van der Waals surface area contributed by atoms with Gasteiger partial charge < -0.3 is 20.3 Å². The van der Waals surface area contributed by atoms with Gasteiger partial charge in [0.25, 0.3) is 0 Å². The van der Waals surface area contributed by atoms with E-state index in [1.165, 1.54) is 6.42 Å². The molecule has 1 heterocycles. The Morgan fingerprint density at radius 3 is 2.50 bits per heavy atom. The summed E-state index contributed by atoms with van der Waals surface area (Å²) in [6, 6.07) is 0.152. The summed E-state index contributed by atoms with van der Waals surface area (Å²) in [7, 11) is 0. The fraction of sp³-hybridized carbons (Fsp3) is 1.00. The SMILES string of the molecule is OCC1(N[C@@H]2CCCC[C@H]2O)CCOCC1. The molecule has 0 radical (unpaired) electrons. The monoisotopic (exact) mass is 229 g/mol. The Bertz CT molecular complexity index is 216. The molecule has 0 bridgehead atoms. The molecule has 2 aliphatic rings. The van der Waals surface area contributed by atoms with Gasteiger partial charge in [-0.2, -0.15) is 0 Å². The highest BCUT2D eigenvalue weighted by Gasteiger charge is 2.36. The molecule has 0 aromatic carbocycles. The molecule has 0 aromatic heterocycles.